The van der Waals surface area contributed by atoms with Crippen LogP contribution in [0.5, 0.6) is 0 Å². The highest BCUT2D eigenvalue weighted by Gasteiger charge is 2.23. The monoisotopic (exact) mass is 254 g/mol. The van der Waals surface area contributed by atoms with Crippen molar-refractivity contribution in [3.05, 3.63) is 16.5 Å². The van der Waals surface area contributed by atoms with E-state index < -0.39 is 0 Å². The van der Waals surface area contributed by atoms with E-state index >= 15 is 0 Å². The van der Waals surface area contributed by atoms with Crippen LogP contribution in [0.2, 0.25) is 5.15 Å². The van der Waals surface area contributed by atoms with Crippen LogP contribution in [0.3, 0.4) is 0 Å². The highest BCUT2D eigenvalue weighted by atomic mass is 35.5. The molecule has 1 saturated heterocycles. The molecule has 17 heavy (non-hydrogen) atoms. The number of piperazine rings is 1. The van der Waals surface area contributed by atoms with E-state index in [2.05, 4.69) is 33.7 Å². The fraction of sp³-hybridized carbons (Fsp3) is 0.667. The van der Waals surface area contributed by atoms with Crippen molar-refractivity contribution in [2.75, 3.05) is 31.6 Å². The molecule has 1 fully saturated rings. The Morgan fingerprint density at radius 2 is 1.94 bits per heavy atom. The normalized spacial score (nSPS) is 21.9. The van der Waals surface area contributed by atoms with Gasteiger partial charge in [0.05, 0.1) is 0 Å². The van der Waals surface area contributed by atoms with Crippen molar-refractivity contribution in [1.82, 2.24) is 14.9 Å². The number of rotatable bonds is 1. The predicted molar refractivity (Wildman–Crippen MR) is 70.8 cm³/mol. The molecule has 1 aliphatic rings. The Morgan fingerprint density at radius 1 is 1.24 bits per heavy atom. The minimum Gasteiger partial charge on any atom is -0.353 e. The summed E-state index contributed by atoms with van der Waals surface area (Å²) in [5.41, 5.74) is 0.981. The summed E-state index contributed by atoms with van der Waals surface area (Å²) in [6.07, 6.45) is 0. The topological polar surface area (TPSA) is 32.3 Å². The summed E-state index contributed by atoms with van der Waals surface area (Å²) < 4.78 is 0. The molecule has 5 heteroatoms. The van der Waals surface area contributed by atoms with Crippen LogP contribution < -0.4 is 4.90 Å². The van der Waals surface area contributed by atoms with Gasteiger partial charge < -0.3 is 9.80 Å². The van der Waals surface area contributed by atoms with Gasteiger partial charge in [0.1, 0.15) is 16.8 Å². The lowest BCUT2D eigenvalue weighted by molar-refractivity contribution is 0.233. The average molecular weight is 255 g/mol. The van der Waals surface area contributed by atoms with Crippen molar-refractivity contribution >= 4 is 17.4 Å². The third-order valence-corrected chi connectivity index (χ3v) is 3.80. The number of nitrogens with zero attached hydrogens (tertiary/aromatic N) is 4. The maximum Gasteiger partial charge on any atom is 0.137 e. The minimum atomic E-state index is 0.539. The molecule has 1 atom stereocenters. The highest BCUT2D eigenvalue weighted by Crippen LogP contribution is 2.25. The molecule has 2 heterocycles. The van der Waals surface area contributed by atoms with Gasteiger partial charge >= 0.3 is 0 Å². The quantitative estimate of drug-likeness (QED) is 0.717. The van der Waals surface area contributed by atoms with Crippen molar-refractivity contribution in [2.45, 2.75) is 26.8 Å². The van der Waals surface area contributed by atoms with E-state index in [4.69, 9.17) is 11.6 Å². The molecule has 0 amide bonds. The molecular weight excluding hydrogens is 236 g/mol. The number of hydrogen-bond acceptors (Lipinski definition) is 4. The van der Waals surface area contributed by atoms with Crippen LogP contribution in [-0.4, -0.2) is 47.6 Å². The van der Waals surface area contributed by atoms with Crippen molar-refractivity contribution in [2.24, 2.45) is 0 Å². The molecule has 0 aliphatic carbocycles. The van der Waals surface area contributed by atoms with Crippen LogP contribution in [-0.2, 0) is 0 Å². The second-order valence-electron chi connectivity index (χ2n) is 4.79. The van der Waals surface area contributed by atoms with Gasteiger partial charge in [-0.15, -0.1) is 0 Å². The molecule has 0 saturated carbocycles. The van der Waals surface area contributed by atoms with E-state index in [0.29, 0.717) is 11.2 Å². The van der Waals surface area contributed by atoms with Gasteiger partial charge in [0.2, 0.25) is 0 Å². The lowest BCUT2D eigenvalue weighted by atomic mass is 10.2. The molecule has 0 radical (unpaired) electrons. The van der Waals surface area contributed by atoms with Gasteiger partial charge in [0.15, 0.2) is 0 Å². The molecule has 1 aromatic rings. The maximum atomic E-state index is 6.12. The zero-order chi connectivity index (χ0) is 12.6. The first-order valence-electron chi connectivity index (χ1n) is 5.95. The zero-order valence-corrected chi connectivity index (χ0v) is 11.6. The smallest absolute Gasteiger partial charge is 0.137 e. The Labute approximate surface area is 108 Å². The fourth-order valence-corrected chi connectivity index (χ4v) is 2.34. The summed E-state index contributed by atoms with van der Waals surface area (Å²) in [4.78, 5) is 13.4. The minimum absolute atomic E-state index is 0.539. The van der Waals surface area contributed by atoms with Crippen molar-refractivity contribution in [3.8, 4) is 0 Å². The molecule has 1 unspecified atom stereocenters. The number of anilines is 1. The Kier molecular flexibility index (Phi) is 3.54. The van der Waals surface area contributed by atoms with E-state index in [-0.39, 0.29) is 0 Å². The van der Waals surface area contributed by atoms with Gasteiger partial charge in [-0.3, -0.25) is 0 Å². The van der Waals surface area contributed by atoms with E-state index in [1.54, 1.807) is 0 Å². The second-order valence-corrected chi connectivity index (χ2v) is 5.14. The SMILES string of the molecule is Cc1nc(Cl)c(C)c(N2CCN(C)C(C)C2)n1. The van der Waals surface area contributed by atoms with Gasteiger partial charge in [-0.1, -0.05) is 11.6 Å². The van der Waals surface area contributed by atoms with Crippen LogP contribution in [0.4, 0.5) is 5.82 Å². The third kappa shape index (κ3) is 2.53. The van der Waals surface area contributed by atoms with Crippen molar-refractivity contribution in [3.63, 3.8) is 0 Å². The van der Waals surface area contributed by atoms with Gasteiger partial charge in [0, 0.05) is 31.2 Å². The van der Waals surface area contributed by atoms with Crippen LogP contribution in [0.25, 0.3) is 0 Å². The second kappa shape index (κ2) is 4.78. The largest absolute Gasteiger partial charge is 0.353 e. The molecule has 4 nitrogen and oxygen atoms in total. The third-order valence-electron chi connectivity index (χ3n) is 3.43. The van der Waals surface area contributed by atoms with E-state index in [9.17, 15) is 0 Å². The molecule has 0 aromatic carbocycles. The van der Waals surface area contributed by atoms with Gasteiger partial charge in [-0.2, -0.15) is 0 Å². The summed E-state index contributed by atoms with van der Waals surface area (Å²) in [5.74, 6) is 1.73. The summed E-state index contributed by atoms with van der Waals surface area (Å²) in [5, 5.41) is 0.569. The summed E-state index contributed by atoms with van der Waals surface area (Å²) in [6.45, 7) is 9.14. The Hall–Kier alpha value is -0.870. The number of aromatic nitrogens is 2. The lowest BCUT2D eigenvalue weighted by Gasteiger charge is -2.38. The number of likely N-dealkylation sites (N-methyl/N-ethyl adjacent to an activating group) is 1. The Bertz CT molecular complexity index is 421. The first-order valence-corrected chi connectivity index (χ1v) is 6.32. The molecule has 2 rings (SSSR count). The van der Waals surface area contributed by atoms with Crippen LogP contribution in [0.1, 0.15) is 18.3 Å². The Morgan fingerprint density at radius 3 is 2.59 bits per heavy atom. The van der Waals surface area contributed by atoms with Crippen LogP contribution in [0, 0.1) is 13.8 Å². The molecule has 94 valence electrons. The van der Waals surface area contributed by atoms with Gasteiger partial charge in [-0.25, -0.2) is 9.97 Å². The molecular formula is C12H19ClN4. The lowest BCUT2D eigenvalue weighted by Crippen LogP contribution is -2.50. The van der Waals surface area contributed by atoms with Crippen molar-refractivity contribution < 1.29 is 0 Å². The molecule has 0 bridgehead atoms. The van der Waals surface area contributed by atoms with E-state index in [1.165, 1.54) is 0 Å². The van der Waals surface area contributed by atoms with E-state index in [1.807, 2.05) is 13.8 Å². The summed E-state index contributed by atoms with van der Waals surface area (Å²) in [7, 11) is 2.16. The zero-order valence-electron chi connectivity index (χ0n) is 10.9. The van der Waals surface area contributed by atoms with Gasteiger partial charge in [0.25, 0.3) is 0 Å². The number of halogens is 1. The summed E-state index contributed by atoms with van der Waals surface area (Å²) >= 11 is 6.12. The fourth-order valence-electron chi connectivity index (χ4n) is 2.13. The number of hydrogen-bond donors (Lipinski definition) is 0. The first kappa shape index (κ1) is 12.6. The Balaban J connectivity index is 2.28. The highest BCUT2D eigenvalue weighted by molar-refractivity contribution is 6.30. The molecule has 1 aliphatic heterocycles. The van der Waals surface area contributed by atoms with Gasteiger partial charge in [-0.05, 0) is 27.8 Å². The number of aryl methyl sites for hydroxylation is 1. The van der Waals surface area contributed by atoms with Crippen LogP contribution in [0.15, 0.2) is 0 Å². The average Bonchev–Trinajstić information content (AvgIpc) is 2.27. The first-order chi connectivity index (χ1) is 7.99. The maximum absolute atomic E-state index is 6.12. The van der Waals surface area contributed by atoms with Crippen molar-refractivity contribution in [1.29, 1.82) is 0 Å². The van der Waals surface area contributed by atoms with Crippen LogP contribution >= 0.6 is 11.6 Å². The molecule has 0 spiro atoms. The summed E-state index contributed by atoms with van der Waals surface area (Å²) in [6, 6.07) is 0.539. The standard InChI is InChI=1S/C12H19ClN4/c1-8-7-17(6-5-16(8)4)12-9(2)11(13)14-10(3)15-12/h8H,5-7H2,1-4H3. The molecule has 1 aromatic heterocycles. The molecule has 0 N–H and O–H groups in total. The van der Waals surface area contributed by atoms with E-state index in [0.717, 1.165) is 36.8 Å². The predicted octanol–water partition coefficient (Wildman–Crippen LogP) is 1.89.